The Morgan fingerprint density at radius 1 is 1.18 bits per heavy atom. The topological polar surface area (TPSA) is 65.5 Å². The van der Waals surface area contributed by atoms with E-state index in [2.05, 4.69) is 17.1 Å². The zero-order valence-electron chi connectivity index (χ0n) is 13.6. The summed E-state index contributed by atoms with van der Waals surface area (Å²) in [5.74, 6) is -0.702. The summed E-state index contributed by atoms with van der Waals surface area (Å²) in [5.41, 5.74) is 2.03. The summed E-state index contributed by atoms with van der Waals surface area (Å²) in [7, 11) is 2.63. The van der Waals surface area contributed by atoms with Gasteiger partial charge in [-0.2, -0.15) is 0 Å². The molecule has 0 amide bonds. The lowest BCUT2D eigenvalue weighted by molar-refractivity contribution is -0.168. The van der Waals surface area contributed by atoms with Crippen molar-refractivity contribution in [2.24, 2.45) is 11.3 Å². The fourth-order valence-corrected chi connectivity index (χ4v) is 3.54. The molecule has 0 bridgehead atoms. The molecular formula is C17H23NO4. The predicted octanol–water partition coefficient (Wildman–Crippen LogP) is 2.37. The van der Waals surface area contributed by atoms with Crippen molar-refractivity contribution in [1.29, 1.82) is 0 Å². The average Bonchev–Trinajstić information content (AvgIpc) is 2.89. The number of carbonyl (C=O) groups excluding carboxylic acids is 2. The van der Waals surface area contributed by atoms with Crippen LogP contribution in [0.25, 0.3) is 0 Å². The predicted molar refractivity (Wildman–Crippen MR) is 81.2 cm³/mol. The molecule has 1 aliphatic carbocycles. The van der Waals surface area contributed by atoms with Crippen LogP contribution in [0.4, 0.5) is 0 Å². The van der Waals surface area contributed by atoms with E-state index in [-0.39, 0.29) is 5.92 Å². The lowest BCUT2D eigenvalue weighted by Crippen LogP contribution is -2.39. The molecule has 1 fully saturated rings. The van der Waals surface area contributed by atoms with Gasteiger partial charge in [-0.05, 0) is 63.1 Å². The molecular weight excluding hydrogens is 282 g/mol. The number of hydrogen-bond donors (Lipinski definition) is 0. The number of aryl methyl sites for hydroxylation is 2. The van der Waals surface area contributed by atoms with Gasteiger partial charge >= 0.3 is 11.9 Å². The summed E-state index contributed by atoms with van der Waals surface area (Å²) in [4.78, 5) is 28.6. The third-order valence-corrected chi connectivity index (χ3v) is 4.43. The van der Waals surface area contributed by atoms with Crippen molar-refractivity contribution in [1.82, 2.24) is 4.98 Å². The van der Waals surface area contributed by atoms with Gasteiger partial charge in [0, 0.05) is 11.4 Å². The van der Waals surface area contributed by atoms with Crippen molar-refractivity contribution in [3.63, 3.8) is 0 Å². The van der Waals surface area contributed by atoms with Crippen LogP contribution in [0.2, 0.25) is 0 Å². The quantitative estimate of drug-likeness (QED) is 0.631. The normalized spacial score (nSPS) is 19.7. The first-order chi connectivity index (χ1) is 10.4. The molecule has 0 spiro atoms. The molecule has 1 aromatic rings. The second kappa shape index (κ2) is 6.46. The van der Waals surface area contributed by atoms with E-state index in [0.29, 0.717) is 12.8 Å². The van der Waals surface area contributed by atoms with Crippen LogP contribution in [-0.2, 0) is 25.5 Å². The van der Waals surface area contributed by atoms with Gasteiger partial charge in [0.2, 0.25) is 0 Å². The number of pyridine rings is 1. The summed E-state index contributed by atoms with van der Waals surface area (Å²) < 4.78 is 9.69. The van der Waals surface area contributed by atoms with Crippen LogP contribution in [-0.4, -0.2) is 31.1 Å². The van der Waals surface area contributed by atoms with Gasteiger partial charge in [-0.3, -0.25) is 14.6 Å². The molecule has 0 saturated heterocycles. The van der Waals surface area contributed by atoms with E-state index in [1.54, 1.807) is 0 Å². The monoisotopic (exact) mass is 305 g/mol. The minimum absolute atomic E-state index is 0.263. The zero-order chi connectivity index (χ0) is 16.3. The van der Waals surface area contributed by atoms with Crippen molar-refractivity contribution >= 4 is 11.9 Å². The van der Waals surface area contributed by atoms with Crippen molar-refractivity contribution < 1.29 is 19.1 Å². The molecule has 1 unspecified atom stereocenters. The highest BCUT2D eigenvalue weighted by molar-refractivity contribution is 6.00. The van der Waals surface area contributed by atoms with E-state index in [0.717, 1.165) is 24.2 Å². The van der Waals surface area contributed by atoms with Crippen LogP contribution < -0.4 is 0 Å². The largest absolute Gasteiger partial charge is 0.468 e. The van der Waals surface area contributed by atoms with Gasteiger partial charge in [-0.1, -0.05) is 0 Å². The number of esters is 2. The molecule has 2 rings (SSSR count). The van der Waals surface area contributed by atoms with Gasteiger partial charge in [-0.15, -0.1) is 0 Å². The number of carbonyl (C=O) groups is 2. The van der Waals surface area contributed by atoms with Gasteiger partial charge in [0.15, 0.2) is 5.41 Å². The Hall–Kier alpha value is -1.91. The zero-order valence-corrected chi connectivity index (χ0v) is 13.6. The van der Waals surface area contributed by atoms with Gasteiger partial charge in [-0.25, -0.2) is 0 Å². The van der Waals surface area contributed by atoms with Crippen LogP contribution in [0.15, 0.2) is 12.1 Å². The number of methoxy groups -OCH3 is 2. The van der Waals surface area contributed by atoms with E-state index >= 15 is 0 Å². The van der Waals surface area contributed by atoms with Gasteiger partial charge < -0.3 is 9.47 Å². The highest BCUT2D eigenvalue weighted by Crippen LogP contribution is 2.45. The maximum absolute atomic E-state index is 12.1. The molecule has 1 saturated carbocycles. The second-order valence-corrected chi connectivity index (χ2v) is 6.14. The molecule has 1 heterocycles. The summed E-state index contributed by atoms with van der Waals surface area (Å²) >= 11 is 0. The first-order valence-corrected chi connectivity index (χ1v) is 7.52. The number of aromatic nitrogens is 1. The van der Waals surface area contributed by atoms with E-state index in [4.69, 9.17) is 9.47 Å². The van der Waals surface area contributed by atoms with Crippen molar-refractivity contribution in [3.8, 4) is 0 Å². The van der Waals surface area contributed by atoms with E-state index in [9.17, 15) is 9.59 Å². The second-order valence-electron chi connectivity index (χ2n) is 6.14. The molecule has 0 N–H and O–H groups in total. The first kappa shape index (κ1) is 16.5. The Morgan fingerprint density at radius 3 is 2.23 bits per heavy atom. The lowest BCUT2D eigenvalue weighted by atomic mass is 9.84. The molecule has 1 atom stereocenters. The molecule has 120 valence electrons. The van der Waals surface area contributed by atoms with Gasteiger partial charge in [0.1, 0.15) is 0 Å². The van der Waals surface area contributed by atoms with Gasteiger partial charge in [0.05, 0.1) is 14.2 Å². The summed E-state index contributed by atoms with van der Waals surface area (Å²) in [6.07, 6.45) is 2.61. The van der Waals surface area contributed by atoms with Crippen molar-refractivity contribution in [3.05, 3.63) is 29.1 Å². The van der Waals surface area contributed by atoms with Crippen LogP contribution in [0, 0.1) is 25.2 Å². The summed E-state index contributed by atoms with van der Waals surface area (Å²) in [5, 5.41) is 0. The Kier molecular flexibility index (Phi) is 4.84. The SMILES string of the molecule is COC(=O)C1(C(=O)OC)CCC(Cc2cc(C)nc(C)c2)C1. The maximum atomic E-state index is 12.1. The molecule has 1 aliphatic rings. The Morgan fingerprint density at radius 2 is 1.73 bits per heavy atom. The third kappa shape index (κ3) is 3.13. The number of rotatable bonds is 4. The molecule has 1 aromatic heterocycles. The highest BCUT2D eigenvalue weighted by atomic mass is 16.5. The summed E-state index contributed by atoms with van der Waals surface area (Å²) in [6.45, 7) is 3.94. The van der Waals surface area contributed by atoms with Crippen LogP contribution in [0.1, 0.15) is 36.2 Å². The summed E-state index contributed by atoms with van der Waals surface area (Å²) in [6, 6.07) is 4.12. The Bertz CT molecular complexity index is 546. The fraction of sp³-hybridized carbons (Fsp3) is 0.588. The third-order valence-electron chi connectivity index (χ3n) is 4.43. The van der Waals surface area contributed by atoms with Crippen molar-refractivity contribution in [2.45, 2.75) is 39.5 Å². The molecule has 0 aromatic carbocycles. The van der Waals surface area contributed by atoms with E-state index in [1.165, 1.54) is 19.8 Å². The van der Waals surface area contributed by atoms with E-state index in [1.807, 2.05) is 13.8 Å². The fourth-order valence-electron chi connectivity index (χ4n) is 3.54. The van der Waals surface area contributed by atoms with Crippen molar-refractivity contribution in [2.75, 3.05) is 14.2 Å². The lowest BCUT2D eigenvalue weighted by Gasteiger charge is -2.23. The Balaban J connectivity index is 2.16. The standard InChI is InChI=1S/C17H23NO4/c1-11-7-14(8-12(2)18-11)9-13-5-6-17(10-13,15(19)21-3)16(20)22-4/h7-8,13H,5-6,9-10H2,1-4H3. The number of nitrogens with zero attached hydrogens (tertiary/aromatic N) is 1. The minimum atomic E-state index is -1.13. The molecule has 0 radical (unpaired) electrons. The van der Waals surface area contributed by atoms with Crippen LogP contribution in [0.5, 0.6) is 0 Å². The van der Waals surface area contributed by atoms with Gasteiger partial charge in [0.25, 0.3) is 0 Å². The minimum Gasteiger partial charge on any atom is -0.468 e. The molecule has 0 aliphatic heterocycles. The number of ether oxygens (including phenoxy) is 2. The first-order valence-electron chi connectivity index (χ1n) is 7.52. The van der Waals surface area contributed by atoms with Crippen LogP contribution in [0.3, 0.4) is 0 Å². The average molecular weight is 305 g/mol. The molecule has 5 heteroatoms. The van der Waals surface area contributed by atoms with E-state index < -0.39 is 17.4 Å². The maximum Gasteiger partial charge on any atom is 0.323 e. The smallest absolute Gasteiger partial charge is 0.323 e. The molecule has 22 heavy (non-hydrogen) atoms. The highest BCUT2D eigenvalue weighted by Gasteiger charge is 2.53. The molecule has 5 nitrogen and oxygen atoms in total. The number of hydrogen-bond acceptors (Lipinski definition) is 5. The Labute approximate surface area is 131 Å². The van der Waals surface area contributed by atoms with Crippen LogP contribution >= 0.6 is 0 Å².